The predicted octanol–water partition coefficient (Wildman–Crippen LogP) is 3.94. The van der Waals surface area contributed by atoms with Crippen LogP contribution in [-0.4, -0.2) is 17.5 Å². The van der Waals surface area contributed by atoms with E-state index in [1.807, 2.05) is 13.8 Å². The molecule has 0 atom stereocenters. The van der Waals surface area contributed by atoms with Gasteiger partial charge < -0.3 is 0 Å². The first-order valence-electron chi connectivity index (χ1n) is 5.75. The maximum atomic E-state index is 2.35. The predicted molar refractivity (Wildman–Crippen MR) is 69.0 cm³/mol. The van der Waals surface area contributed by atoms with Crippen LogP contribution < -0.4 is 0 Å². The standard InChI is InChI=1S/C12H19N.C2H6/c1-12(2,3)13(4)10-11-8-6-5-7-9-11;1-2/h5-9H,10H2,1-4H3;1-2H3. The topological polar surface area (TPSA) is 3.24 Å². The zero-order chi connectivity index (χ0) is 11.9. The van der Waals surface area contributed by atoms with Crippen molar-refractivity contribution in [1.82, 2.24) is 4.90 Å². The fraction of sp³-hybridized carbons (Fsp3) is 0.571. The molecule has 1 heteroatoms. The Hall–Kier alpha value is -0.820. The van der Waals surface area contributed by atoms with Gasteiger partial charge in [0.1, 0.15) is 0 Å². The number of nitrogens with zero attached hydrogens (tertiary/aromatic N) is 1. The molecule has 15 heavy (non-hydrogen) atoms. The van der Waals surface area contributed by atoms with Crippen LogP contribution >= 0.6 is 0 Å². The molecule has 0 aliphatic rings. The second-order valence-corrected chi connectivity index (χ2v) is 4.51. The van der Waals surface area contributed by atoms with E-state index < -0.39 is 0 Å². The molecule has 0 amide bonds. The van der Waals surface area contributed by atoms with E-state index in [9.17, 15) is 0 Å². The van der Waals surface area contributed by atoms with E-state index in [-0.39, 0.29) is 5.54 Å². The third kappa shape index (κ3) is 5.58. The van der Waals surface area contributed by atoms with Crippen LogP contribution in [0.1, 0.15) is 40.2 Å². The molecule has 0 saturated carbocycles. The summed E-state index contributed by atoms with van der Waals surface area (Å²) in [5, 5.41) is 0. The third-order valence-corrected chi connectivity index (χ3v) is 2.41. The summed E-state index contributed by atoms with van der Waals surface area (Å²) in [4.78, 5) is 2.35. The Morgan fingerprint density at radius 3 is 1.87 bits per heavy atom. The Morgan fingerprint density at radius 2 is 1.47 bits per heavy atom. The molecule has 0 N–H and O–H groups in total. The quantitative estimate of drug-likeness (QED) is 0.710. The van der Waals surface area contributed by atoms with Gasteiger partial charge >= 0.3 is 0 Å². The van der Waals surface area contributed by atoms with Gasteiger partial charge in [0.25, 0.3) is 0 Å². The van der Waals surface area contributed by atoms with Crippen LogP contribution in [0, 0.1) is 0 Å². The zero-order valence-corrected chi connectivity index (χ0v) is 11.0. The normalized spacial score (nSPS) is 10.9. The minimum absolute atomic E-state index is 0.246. The molecule has 1 aromatic rings. The highest BCUT2D eigenvalue weighted by molar-refractivity contribution is 5.14. The first-order chi connectivity index (χ1) is 7.00. The van der Waals surface area contributed by atoms with E-state index in [2.05, 4.69) is 63.1 Å². The Balaban J connectivity index is 0.000000921. The first kappa shape index (κ1) is 14.2. The molecule has 0 saturated heterocycles. The maximum absolute atomic E-state index is 2.35. The highest BCUT2D eigenvalue weighted by atomic mass is 15.1. The largest absolute Gasteiger partial charge is 0.297 e. The van der Waals surface area contributed by atoms with Crippen LogP contribution in [0.15, 0.2) is 30.3 Å². The Bertz CT molecular complexity index is 246. The van der Waals surface area contributed by atoms with Gasteiger partial charge in [-0.1, -0.05) is 44.2 Å². The molecule has 0 aliphatic carbocycles. The van der Waals surface area contributed by atoms with Gasteiger partial charge in [-0.2, -0.15) is 0 Å². The van der Waals surface area contributed by atoms with Gasteiger partial charge in [-0.05, 0) is 33.4 Å². The third-order valence-electron chi connectivity index (χ3n) is 2.41. The van der Waals surface area contributed by atoms with Gasteiger partial charge in [0.05, 0.1) is 0 Å². The number of hydrogen-bond acceptors (Lipinski definition) is 1. The molecular formula is C14H25N. The fourth-order valence-corrected chi connectivity index (χ4v) is 1.09. The summed E-state index contributed by atoms with van der Waals surface area (Å²) in [5.74, 6) is 0. The summed E-state index contributed by atoms with van der Waals surface area (Å²) >= 11 is 0. The second-order valence-electron chi connectivity index (χ2n) is 4.51. The fourth-order valence-electron chi connectivity index (χ4n) is 1.09. The monoisotopic (exact) mass is 207 g/mol. The lowest BCUT2D eigenvalue weighted by Gasteiger charge is -2.31. The number of hydrogen-bond donors (Lipinski definition) is 0. The summed E-state index contributed by atoms with van der Waals surface area (Å²) < 4.78 is 0. The smallest absolute Gasteiger partial charge is 0.0235 e. The Morgan fingerprint density at radius 1 is 1.00 bits per heavy atom. The summed E-state index contributed by atoms with van der Waals surface area (Å²) in [6.45, 7) is 11.7. The number of benzene rings is 1. The van der Waals surface area contributed by atoms with Gasteiger partial charge in [-0.15, -0.1) is 0 Å². The highest BCUT2D eigenvalue weighted by Gasteiger charge is 2.16. The molecule has 0 bridgehead atoms. The lowest BCUT2D eigenvalue weighted by molar-refractivity contribution is 0.167. The highest BCUT2D eigenvalue weighted by Crippen LogP contribution is 2.14. The van der Waals surface area contributed by atoms with E-state index in [4.69, 9.17) is 0 Å². The van der Waals surface area contributed by atoms with Gasteiger partial charge in [-0.3, -0.25) is 4.90 Å². The van der Waals surface area contributed by atoms with Crippen LogP contribution in [0.4, 0.5) is 0 Å². The van der Waals surface area contributed by atoms with Crippen LogP contribution in [0.2, 0.25) is 0 Å². The minimum atomic E-state index is 0.246. The van der Waals surface area contributed by atoms with Crippen molar-refractivity contribution in [1.29, 1.82) is 0 Å². The van der Waals surface area contributed by atoms with Crippen molar-refractivity contribution in [2.75, 3.05) is 7.05 Å². The average molecular weight is 207 g/mol. The van der Waals surface area contributed by atoms with Crippen molar-refractivity contribution >= 4 is 0 Å². The Labute approximate surface area is 95.1 Å². The summed E-state index contributed by atoms with van der Waals surface area (Å²) in [6.07, 6.45) is 0. The van der Waals surface area contributed by atoms with Crippen LogP contribution in [0.5, 0.6) is 0 Å². The Kier molecular flexibility index (Phi) is 6.26. The molecule has 1 aromatic carbocycles. The van der Waals surface area contributed by atoms with Crippen LogP contribution in [0.3, 0.4) is 0 Å². The molecule has 0 radical (unpaired) electrons. The molecule has 0 spiro atoms. The average Bonchev–Trinajstić information content (AvgIpc) is 2.21. The van der Waals surface area contributed by atoms with Crippen molar-refractivity contribution in [2.45, 2.75) is 46.7 Å². The van der Waals surface area contributed by atoms with Gasteiger partial charge in [0.15, 0.2) is 0 Å². The van der Waals surface area contributed by atoms with Crippen LogP contribution in [-0.2, 0) is 6.54 Å². The van der Waals surface area contributed by atoms with Crippen molar-refractivity contribution in [3.63, 3.8) is 0 Å². The van der Waals surface area contributed by atoms with Crippen molar-refractivity contribution in [2.24, 2.45) is 0 Å². The van der Waals surface area contributed by atoms with E-state index in [0.29, 0.717) is 0 Å². The summed E-state index contributed by atoms with van der Waals surface area (Å²) in [6, 6.07) is 10.6. The van der Waals surface area contributed by atoms with Crippen molar-refractivity contribution < 1.29 is 0 Å². The maximum Gasteiger partial charge on any atom is 0.0235 e. The molecule has 86 valence electrons. The molecular weight excluding hydrogens is 182 g/mol. The molecule has 0 fully saturated rings. The zero-order valence-electron chi connectivity index (χ0n) is 11.0. The minimum Gasteiger partial charge on any atom is -0.297 e. The van der Waals surface area contributed by atoms with E-state index in [1.54, 1.807) is 0 Å². The molecule has 0 heterocycles. The first-order valence-corrected chi connectivity index (χ1v) is 5.75. The lowest BCUT2D eigenvalue weighted by Crippen LogP contribution is -2.37. The molecule has 0 aromatic heterocycles. The van der Waals surface area contributed by atoms with Gasteiger partial charge in [0, 0.05) is 12.1 Å². The van der Waals surface area contributed by atoms with E-state index in [1.165, 1.54) is 5.56 Å². The van der Waals surface area contributed by atoms with Gasteiger partial charge in [-0.25, -0.2) is 0 Å². The number of rotatable bonds is 2. The van der Waals surface area contributed by atoms with Crippen molar-refractivity contribution in [3.05, 3.63) is 35.9 Å². The molecule has 1 nitrogen and oxygen atoms in total. The van der Waals surface area contributed by atoms with E-state index in [0.717, 1.165) is 6.54 Å². The molecule has 0 unspecified atom stereocenters. The summed E-state index contributed by atoms with van der Waals surface area (Å²) in [5.41, 5.74) is 1.62. The lowest BCUT2D eigenvalue weighted by atomic mass is 10.1. The second kappa shape index (κ2) is 6.62. The van der Waals surface area contributed by atoms with Crippen LogP contribution in [0.25, 0.3) is 0 Å². The molecule has 0 aliphatic heterocycles. The van der Waals surface area contributed by atoms with Crippen molar-refractivity contribution in [3.8, 4) is 0 Å². The summed E-state index contributed by atoms with van der Waals surface area (Å²) in [7, 11) is 2.16. The van der Waals surface area contributed by atoms with Gasteiger partial charge in [0.2, 0.25) is 0 Å². The SMILES string of the molecule is CC.CN(Cc1ccccc1)C(C)(C)C. The van der Waals surface area contributed by atoms with E-state index >= 15 is 0 Å². The molecule has 1 rings (SSSR count).